The van der Waals surface area contributed by atoms with E-state index < -0.39 is 0 Å². The van der Waals surface area contributed by atoms with Gasteiger partial charge in [-0.1, -0.05) is 36.4 Å². The number of hydrogen-bond donors (Lipinski definition) is 1. The lowest BCUT2D eigenvalue weighted by Gasteiger charge is -2.40. The molecule has 4 nitrogen and oxygen atoms in total. The van der Waals surface area contributed by atoms with Crippen molar-refractivity contribution in [2.75, 3.05) is 4.90 Å². The maximum atomic E-state index is 11.8. The number of hydrogen-bond acceptors (Lipinski definition) is 3. The van der Waals surface area contributed by atoms with E-state index in [-0.39, 0.29) is 17.9 Å². The molecular formula is C19H19N3O. The summed E-state index contributed by atoms with van der Waals surface area (Å²) in [5.41, 5.74) is 9.28. The Kier molecular flexibility index (Phi) is 4.03. The molecule has 0 spiro atoms. The summed E-state index contributed by atoms with van der Waals surface area (Å²) >= 11 is 0. The number of nitriles is 1. The molecule has 2 N–H and O–H groups in total. The van der Waals surface area contributed by atoms with Crippen molar-refractivity contribution in [2.45, 2.75) is 31.8 Å². The van der Waals surface area contributed by atoms with E-state index in [0.717, 1.165) is 16.8 Å². The Morgan fingerprint density at radius 3 is 2.70 bits per heavy atom. The topological polar surface area (TPSA) is 70.1 Å². The Hall–Kier alpha value is -2.80. The molecule has 4 heteroatoms. The number of rotatable bonds is 3. The van der Waals surface area contributed by atoms with E-state index in [4.69, 9.17) is 5.73 Å². The van der Waals surface area contributed by atoms with Gasteiger partial charge in [0.2, 0.25) is 5.91 Å². The van der Waals surface area contributed by atoms with E-state index in [2.05, 4.69) is 17.9 Å². The van der Waals surface area contributed by atoms with Crippen molar-refractivity contribution in [2.24, 2.45) is 5.73 Å². The molecule has 3 rings (SSSR count). The fraction of sp³-hybridized carbons (Fsp3) is 0.263. The summed E-state index contributed by atoms with van der Waals surface area (Å²) in [4.78, 5) is 14.0. The summed E-state index contributed by atoms with van der Waals surface area (Å²) in [6.07, 6.45) is 0.696. The predicted molar refractivity (Wildman–Crippen MR) is 89.8 cm³/mol. The van der Waals surface area contributed by atoms with Gasteiger partial charge in [0.15, 0.2) is 0 Å². The number of fused-ring (bicyclic) bond motifs is 1. The number of nitrogens with two attached hydrogens (primary N) is 1. The van der Waals surface area contributed by atoms with Crippen molar-refractivity contribution in [3.8, 4) is 6.07 Å². The van der Waals surface area contributed by atoms with Gasteiger partial charge in [0.05, 0.1) is 17.6 Å². The van der Waals surface area contributed by atoms with Gasteiger partial charge in [0.25, 0.3) is 0 Å². The van der Waals surface area contributed by atoms with Gasteiger partial charge in [0.1, 0.15) is 0 Å². The molecule has 23 heavy (non-hydrogen) atoms. The first kappa shape index (κ1) is 15.1. The molecule has 0 aliphatic carbocycles. The number of carbonyl (C=O) groups is 1. The quantitative estimate of drug-likeness (QED) is 0.947. The van der Waals surface area contributed by atoms with E-state index in [1.54, 1.807) is 0 Å². The van der Waals surface area contributed by atoms with Gasteiger partial charge in [-0.05, 0) is 36.6 Å². The summed E-state index contributed by atoms with van der Waals surface area (Å²) in [6.45, 7) is 2.74. The molecule has 2 aromatic carbocycles. The predicted octanol–water partition coefficient (Wildman–Crippen LogP) is 2.93. The molecule has 0 radical (unpaired) electrons. The summed E-state index contributed by atoms with van der Waals surface area (Å²) in [6, 6.07) is 18.0. The number of primary amides is 1. The van der Waals surface area contributed by atoms with Gasteiger partial charge in [-0.2, -0.15) is 5.26 Å². The molecule has 1 aliphatic rings. The SMILES string of the molecule is C[C@H]1C[C@@H](C(N)=O)c2ccccc2N1Cc1ccccc1C#N. The molecule has 2 atom stereocenters. The number of benzene rings is 2. The van der Waals surface area contributed by atoms with Crippen LogP contribution in [0.1, 0.15) is 36.0 Å². The standard InChI is InChI=1S/C19H19N3O/c1-13-10-17(19(21)23)16-8-4-5-9-18(16)22(13)12-15-7-3-2-6-14(15)11-20/h2-9,13,17H,10,12H2,1H3,(H2,21,23)/t13-,17+/m0/s1. The van der Waals surface area contributed by atoms with Crippen LogP contribution >= 0.6 is 0 Å². The second kappa shape index (κ2) is 6.13. The van der Waals surface area contributed by atoms with Gasteiger partial charge >= 0.3 is 0 Å². The Labute approximate surface area is 136 Å². The number of nitrogens with zero attached hydrogens (tertiary/aromatic N) is 2. The third-order valence-electron chi connectivity index (χ3n) is 4.55. The third kappa shape index (κ3) is 2.78. The van der Waals surface area contributed by atoms with Crippen LogP contribution in [0.4, 0.5) is 5.69 Å². The van der Waals surface area contributed by atoms with E-state index in [0.29, 0.717) is 18.5 Å². The van der Waals surface area contributed by atoms with Crippen molar-refractivity contribution in [1.82, 2.24) is 0 Å². The highest BCUT2D eigenvalue weighted by atomic mass is 16.1. The maximum absolute atomic E-state index is 11.8. The molecule has 0 saturated heterocycles. The minimum absolute atomic E-state index is 0.175. The fourth-order valence-electron chi connectivity index (χ4n) is 3.34. The summed E-state index contributed by atoms with van der Waals surface area (Å²) < 4.78 is 0. The lowest BCUT2D eigenvalue weighted by molar-refractivity contribution is -0.119. The number of amides is 1. The first-order valence-electron chi connectivity index (χ1n) is 7.74. The lowest BCUT2D eigenvalue weighted by Crippen LogP contribution is -2.41. The van der Waals surface area contributed by atoms with Crippen LogP contribution in [0.5, 0.6) is 0 Å². The number of carbonyl (C=O) groups excluding carboxylic acids is 1. The first-order chi connectivity index (χ1) is 11.1. The molecule has 2 aromatic rings. The van der Waals surface area contributed by atoms with Crippen LogP contribution in [-0.2, 0) is 11.3 Å². The Bertz CT molecular complexity index is 778. The van der Waals surface area contributed by atoms with E-state index >= 15 is 0 Å². The average Bonchev–Trinajstić information content (AvgIpc) is 2.57. The second-order valence-electron chi connectivity index (χ2n) is 6.00. The Balaban J connectivity index is 2.01. The molecule has 0 saturated carbocycles. The molecule has 1 aliphatic heterocycles. The Morgan fingerprint density at radius 1 is 1.26 bits per heavy atom. The smallest absolute Gasteiger partial charge is 0.225 e. The van der Waals surface area contributed by atoms with Crippen LogP contribution in [0.15, 0.2) is 48.5 Å². The van der Waals surface area contributed by atoms with Gasteiger partial charge in [0, 0.05) is 18.3 Å². The molecule has 116 valence electrons. The second-order valence-corrected chi connectivity index (χ2v) is 6.00. The minimum Gasteiger partial charge on any atom is -0.369 e. The molecule has 0 fully saturated rings. The van der Waals surface area contributed by atoms with Crippen molar-refractivity contribution in [3.63, 3.8) is 0 Å². The highest BCUT2D eigenvalue weighted by Gasteiger charge is 2.33. The highest BCUT2D eigenvalue weighted by molar-refractivity contribution is 5.85. The minimum atomic E-state index is -0.277. The van der Waals surface area contributed by atoms with E-state index in [9.17, 15) is 10.1 Å². The normalized spacial score (nSPS) is 19.7. The van der Waals surface area contributed by atoms with Gasteiger partial charge < -0.3 is 10.6 Å². The van der Waals surface area contributed by atoms with Crippen molar-refractivity contribution in [3.05, 3.63) is 65.2 Å². The summed E-state index contributed by atoms with van der Waals surface area (Å²) in [7, 11) is 0. The largest absolute Gasteiger partial charge is 0.369 e. The van der Waals surface area contributed by atoms with Gasteiger partial charge in [-0.15, -0.1) is 0 Å². The summed E-state index contributed by atoms with van der Waals surface area (Å²) in [5.74, 6) is -0.523. The van der Waals surface area contributed by atoms with Crippen LogP contribution in [0.25, 0.3) is 0 Å². The molecule has 0 unspecified atom stereocenters. The van der Waals surface area contributed by atoms with Crippen LogP contribution in [-0.4, -0.2) is 11.9 Å². The van der Waals surface area contributed by atoms with Crippen molar-refractivity contribution in [1.29, 1.82) is 5.26 Å². The summed E-state index contributed by atoms with van der Waals surface area (Å²) in [5, 5.41) is 9.29. The molecule has 0 aromatic heterocycles. The number of anilines is 1. The molecule has 0 bridgehead atoms. The highest BCUT2D eigenvalue weighted by Crippen LogP contribution is 2.39. The number of para-hydroxylation sites is 1. The average molecular weight is 305 g/mol. The van der Waals surface area contributed by atoms with Crippen LogP contribution < -0.4 is 10.6 Å². The zero-order valence-electron chi connectivity index (χ0n) is 13.1. The van der Waals surface area contributed by atoms with E-state index in [1.165, 1.54) is 0 Å². The van der Waals surface area contributed by atoms with Crippen molar-refractivity contribution < 1.29 is 4.79 Å². The molecule has 1 heterocycles. The van der Waals surface area contributed by atoms with Crippen molar-refractivity contribution >= 4 is 11.6 Å². The Morgan fingerprint density at radius 2 is 1.96 bits per heavy atom. The maximum Gasteiger partial charge on any atom is 0.225 e. The van der Waals surface area contributed by atoms with Gasteiger partial charge in [-0.3, -0.25) is 4.79 Å². The zero-order valence-corrected chi connectivity index (χ0v) is 13.1. The van der Waals surface area contributed by atoms with Crippen LogP contribution in [0.2, 0.25) is 0 Å². The third-order valence-corrected chi connectivity index (χ3v) is 4.55. The van der Waals surface area contributed by atoms with E-state index in [1.807, 2.05) is 48.5 Å². The lowest BCUT2D eigenvalue weighted by atomic mass is 9.85. The van der Waals surface area contributed by atoms with Gasteiger partial charge in [-0.25, -0.2) is 0 Å². The first-order valence-corrected chi connectivity index (χ1v) is 7.74. The molecule has 1 amide bonds. The van der Waals surface area contributed by atoms with Crippen LogP contribution in [0.3, 0.4) is 0 Å². The monoisotopic (exact) mass is 305 g/mol. The zero-order chi connectivity index (χ0) is 16.4. The fourth-order valence-corrected chi connectivity index (χ4v) is 3.34. The van der Waals surface area contributed by atoms with Crippen LogP contribution in [0, 0.1) is 11.3 Å². The molecular weight excluding hydrogens is 286 g/mol.